The monoisotopic (exact) mass is 455 g/mol. The van der Waals surface area contributed by atoms with Crippen molar-refractivity contribution in [1.29, 1.82) is 0 Å². The number of hydrogen-bond acceptors (Lipinski definition) is 4. The summed E-state index contributed by atoms with van der Waals surface area (Å²) in [7, 11) is 0. The van der Waals surface area contributed by atoms with Gasteiger partial charge in [-0.1, -0.05) is 18.2 Å². The minimum Gasteiger partial charge on any atom is -0.358 e. The van der Waals surface area contributed by atoms with Crippen LogP contribution in [-0.2, 0) is 4.79 Å². The molecular formula is C27H29N5O2. The molecule has 7 heteroatoms. The lowest BCUT2D eigenvalue weighted by Crippen LogP contribution is -2.33. The molecule has 3 aromatic rings. The summed E-state index contributed by atoms with van der Waals surface area (Å²) in [4.78, 5) is 35.5. The van der Waals surface area contributed by atoms with Crippen LogP contribution in [0.3, 0.4) is 0 Å². The van der Waals surface area contributed by atoms with Gasteiger partial charge in [0.15, 0.2) is 0 Å². The van der Waals surface area contributed by atoms with Crippen molar-refractivity contribution in [1.82, 2.24) is 20.2 Å². The molecule has 2 aliphatic heterocycles. The zero-order valence-corrected chi connectivity index (χ0v) is 19.6. The first kappa shape index (κ1) is 22.1. The first-order valence-electron chi connectivity index (χ1n) is 11.8. The van der Waals surface area contributed by atoms with Crippen molar-refractivity contribution in [3.8, 4) is 11.1 Å². The van der Waals surface area contributed by atoms with Crippen LogP contribution in [0.1, 0.15) is 45.7 Å². The van der Waals surface area contributed by atoms with E-state index in [1.807, 2.05) is 50.3 Å². The number of carbonyl (C=O) groups excluding carboxylic acids is 2. The van der Waals surface area contributed by atoms with Crippen LogP contribution in [0.2, 0.25) is 0 Å². The molecule has 1 aromatic carbocycles. The first-order chi connectivity index (χ1) is 16.5. The van der Waals surface area contributed by atoms with Crippen molar-refractivity contribution in [2.75, 3.05) is 31.5 Å². The van der Waals surface area contributed by atoms with Gasteiger partial charge in [0, 0.05) is 53.7 Å². The molecule has 34 heavy (non-hydrogen) atoms. The first-order valence-corrected chi connectivity index (χ1v) is 11.8. The molecule has 2 aliphatic rings. The predicted molar refractivity (Wildman–Crippen MR) is 134 cm³/mol. The van der Waals surface area contributed by atoms with Gasteiger partial charge in [0.25, 0.3) is 11.8 Å². The predicted octanol–water partition coefficient (Wildman–Crippen LogP) is 4.01. The second-order valence-electron chi connectivity index (χ2n) is 8.98. The van der Waals surface area contributed by atoms with Gasteiger partial charge in [-0.3, -0.25) is 14.6 Å². The number of aromatic nitrogens is 2. The highest BCUT2D eigenvalue weighted by molar-refractivity contribution is 6.35. The minimum atomic E-state index is -0.151. The number of amides is 2. The largest absolute Gasteiger partial charge is 0.358 e. The van der Waals surface area contributed by atoms with E-state index < -0.39 is 0 Å². The number of carbonyl (C=O) groups is 2. The van der Waals surface area contributed by atoms with E-state index in [1.165, 1.54) is 12.8 Å². The molecule has 0 bridgehead atoms. The summed E-state index contributed by atoms with van der Waals surface area (Å²) < 4.78 is 0. The van der Waals surface area contributed by atoms with Gasteiger partial charge in [0.2, 0.25) is 0 Å². The summed E-state index contributed by atoms with van der Waals surface area (Å²) >= 11 is 0. The number of pyridine rings is 1. The Morgan fingerprint density at radius 1 is 1.18 bits per heavy atom. The van der Waals surface area contributed by atoms with Crippen LogP contribution in [0.15, 0.2) is 42.7 Å². The van der Waals surface area contributed by atoms with Crippen molar-refractivity contribution in [2.24, 2.45) is 0 Å². The Kier molecular flexibility index (Phi) is 6.02. The number of fused-ring (bicyclic) bond motifs is 1. The quantitative estimate of drug-likeness (QED) is 0.490. The Bertz CT molecular complexity index is 1270. The topological polar surface area (TPSA) is 90.1 Å². The van der Waals surface area contributed by atoms with Gasteiger partial charge in [-0.2, -0.15) is 0 Å². The third kappa shape index (κ3) is 4.26. The molecule has 2 aromatic heterocycles. The lowest BCUT2D eigenvalue weighted by Gasteiger charge is -2.14. The van der Waals surface area contributed by atoms with Crippen molar-refractivity contribution in [3.63, 3.8) is 0 Å². The second-order valence-corrected chi connectivity index (χ2v) is 8.98. The highest BCUT2D eigenvalue weighted by Crippen LogP contribution is 2.36. The number of aryl methyl sites for hydroxylation is 1. The molecular weight excluding hydrogens is 426 g/mol. The summed E-state index contributed by atoms with van der Waals surface area (Å²) in [6.07, 6.45) is 7.86. The Hall–Kier alpha value is -3.71. The molecule has 0 unspecified atom stereocenters. The Morgan fingerprint density at radius 3 is 2.76 bits per heavy atom. The van der Waals surface area contributed by atoms with Crippen LogP contribution in [0.4, 0.5) is 5.69 Å². The van der Waals surface area contributed by atoms with Gasteiger partial charge in [0.1, 0.15) is 0 Å². The summed E-state index contributed by atoms with van der Waals surface area (Å²) in [5.41, 5.74) is 7.26. The average molecular weight is 456 g/mol. The molecule has 4 heterocycles. The van der Waals surface area contributed by atoms with Crippen LogP contribution in [0.5, 0.6) is 0 Å². The van der Waals surface area contributed by atoms with Gasteiger partial charge in [-0.15, -0.1) is 0 Å². The van der Waals surface area contributed by atoms with E-state index in [9.17, 15) is 9.59 Å². The van der Waals surface area contributed by atoms with E-state index in [2.05, 4.69) is 25.5 Å². The van der Waals surface area contributed by atoms with Gasteiger partial charge in [0.05, 0.1) is 11.1 Å². The maximum absolute atomic E-state index is 12.9. The minimum absolute atomic E-state index is 0.0764. The van der Waals surface area contributed by atoms with Gasteiger partial charge < -0.3 is 20.5 Å². The van der Waals surface area contributed by atoms with Crippen molar-refractivity contribution in [2.45, 2.75) is 26.7 Å². The fourth-order valence-electron chi connectivity index (χ4n) is 4.88. The highest BCUT2D eigenvalue weighted by atomic mass is 16.2. The van der Waals surface area contributed by atoms with E-state index in [0.29, 0.717) is 17.7 Å². The van der Waals surface area contributed by atoms with E-state index in [1.54, 1.807) is 12.4 Å². The maximum Gasteiger partial charge on any atom is 0.256 e. The van der Waals surface area contributed by atoms with E-state index in [4.69, 9.17) is 0 Å². The Balaban J connectivity index is 1.37. The zero-order chi connectivity index (χ0) is 23.7. The van der Waals surface area contributed by atoms with Crippen molar-refractivity contribution in [3.05, 3.63) is 70.8 Å². The number of rotatable bonds is 6. The molecule has 0 spiro atoms. The molecule has 0 radical (unpaired) electrons. The Morgan fingerprint density at radius 2 is 2.00 bits per heavy atom. The standard InChI is InChI=1S/C27H29N5O2/c1-17-23(30-18(2)25(17)27(34)29-10-13-32-11-3-4-12-32)15-22-21-8-7-19(14-24(21)31-26(22)33)20-6-5-9-28-16-20/h5-9,14-16,30H,3-4,10-13H2,1-2H3,(H,29,34)(H,31,33). The fraction of sp³-hybridized carbons (Fsp3) is 0.296. The van der Waals surface area contributed by atoms with Crippen molar-refractivity contribution >= 4 is 29.2 Å². The smallest absolute Gasteiger partial charge is 0.256 e. The third-order valence-corrected chi connectivity index (χ3v) is 6.70. The third-order valence-electron chi connectivity index (χ3n) is 6.70. The van der Waals surface area contributed by atoms with Crippen LogP contribution in [-0.4, -0.2) is 52.9 Å². The highest BCUT2D eigenvalue weighted by Gasteiger charge is 2.26. The van der Waals surface area contributed by atoms with Gasteiger partial charge in [-0.05, 0) is 69.1 Å². The Labute approximate surface area is 199 Å². The fourth-order valence-corrected chi connectivity index (χ4v) is 4.88. The number of nitrogens with one attached hydrogen (secondary N) is 3. The molecule has 3 N–H and O–H groups in total. The zero-order valence-electron chi connectivity index (χ0n) is 19.6. The maximum atomic E-state index is 12.9. The SMILES string of the molecule is Cc1[nH]c(C=C2C(=O)Nc3cc(-c4cccnc4)ccc32)c(C)c1C(=O)NCCN1CCCC1. The lowest BCUT2D eigenvalue weighted by molar-refractivity contribution is -0.110. The molecule has 0 atom stereocenters. The number of H-pyrrole nitrogens is 1. The van der Waals surface area contributed by atoms with Gasteiger partial charge >= 0.3 is 0 Å². The molecule has 1 fully saturated rings. The summed E-state index contributed by atoms with van der Waals surface area (Å²) in [6.45, 7) is 7.56. The van der Waals surface area contributed by atoms with Crippen LogP contribution in [0.25, 0.3) is 22.8 Å². The molecule has 0 aliphatic carbocycles. The molecule has 2 amide bonds. The van der Waals surface area contributed by atoms with Crippen LogP contribution < -0.4 is 10.6 Å². The van der Waals surface area contributed by atoms with Crippen LogP contribution in [0, 0.1) is 13.8 Å². The summed E-state index contributed by atoms with van der Waals surface area (Å²) in [6, 6.07) is 9.81. The number of benzene rings is 1. The summed E-state index contributed by atoms with van der Waals surface area (Å²) in [5.74, 6) is -0.228. The number of anilines is 1. The van der Waals surface area contributed by atoms with Crippen molar-refractivity contribution < 1.29 is 9.59 Å². The lowest BCUT2D eigenvalue weighted by atomic mass is 10.00. The molecule has 5 rings (SSSR count). The molecule has 0 saturated carbocycles. The average Bonchev–Trinajstić information content (AvgIpc) is 3.53. The second kappa shape index (κ2) is 9.27. The van der Waals surface area contributed by atoms with E-state index in [-0.39, 0.29) is 11.8 Å². The van der Waals surface area contributed by atoms with Crippen LogP contribution >= 0.6 is 0 Å². The molecule has 7 nitrogen and oxygen atoms in total. The number of likely N-dealkylation sites (tertiary alicyclic amines) is 1. The number of hydrogen-bond donors (Lipinski definition) is 3. The van der Waals surface area contributed by atoms with E-state index >= 15 is 0 Å². The normalized spacial score (nSPS) is 16.6. The molecule has 174 valence electrons. The molecule has 1 saturated heterocycles. The number of aromatic amines is 1. The van der Waals surface area contributed by atoms with E-state index in [0.717, 1.165) is 59.0 Å². The van der Waals surface area contributed by atoms with Gasteiger partial charge in [-0.25, -0.2) is 0 Å². The number of nitrogens with zero attached hydrogens (tertiary/aromatic N) is 2. The summed E-state index contributed by atoms with van der Waals surface area (Å²) in [5, 5.41) is 6.03.